The maximum absolute atomic E-state index is 14.1. The molecule has 4 rings (SSSR count). The molecule has 4 fully saturated rings. The number of rotatable bonds is 16. The summed E-state index contributed by atoms with van der Waals surface area (Å²) in [5, 5.41) is 57.4. The Kier molecular flexibility index (Phi) is 16.8. The summed E-state index contributed by atoms with van der Waals surface area (Å²) >= 11 is 0. The van der Waals surface area contributed by atoms with Crippen molar-refractivity contribution in [2.24, 2.45) is 17.8 Å². The van der Waals surface area contributed by atoms with Gasteiger partial charge in [0.1, 0.15) is 48.8 Å². The number of carbonyl (C=O) groups is 2. The summed E-state index contributed by atoms with van der Waals surface area (Å²) in [7, 11) is 1.44. The van der Waals surface area contributed by atoms with E-state index in [4.69, 9.17) is 23.7 Å². The Labute approximate surface area is 311 Å². The minimum atomic E-state index is -5.45. The number of likely N-dealkylation sites (N-methyl/N-ethyl adjacent to an activating group) is 1. The first kappa shape index (κ1) is 45.1. The lowest BCUT2D eigenvalue weighted by Gasteiger charge is -2.49. The molecule has 0 radical (unpaired) electrons. The number of alkyl halides is 5. The summed E-state index contributed by atoms with van der Waals surface area (Å²) in [6, 6.07) is -2.00. The average Bonchev–Trinajstić information content (AvgIpc) is 3.13. The number of Topliss-reactive ketones (excluding diaryl/α,β-unsaturated/α-hetero) is 1. The predicted molar refractivity (Wildman–Crippen MR) is 178 cm³/mol. The summed E-state index contributed by atoms with van der Waals surface area (Å²) in [5.41, 5.74) is 0. The molecule has 15 atom stereocenters. The van der Waals surface area contributed by atoms with E-state index in [9.17, 15) is 57.1 Å². The van der Waals surface area contributed by atoms with Crippen LogP contribution in [0.25, 0.3) is 0 Å². The Morgan fingerprint density at radius 2 is 1.56 bits per heavy atom. The second-order valence-electron chi connectivity index (χ2n) is 15.0. The van der Waals surface area contributed by atoms with E-state index in [1.54, 1.807) is 5.32 Å². The Bertz CT molecular complexity index is 1190. The van der Waals surface area contributed by atoms with Crippen LogP contribution in [0.5, 0.6) is 0 Å². The van der Waals surface area contributed by atoms with Gasteiger partial charge in [-0.1, -0.05) is 51.9 Å². The molecule has 2 heterocycles. The molecule has 0 aromatic carbocycles. The van der Waals surface area contributed by atoms with Gasteiger partial charge in [-0.2, -0.15) is 13.2 Å². The number of aliphatic hydroxyl groups is 5. The third kappa shape index (κ3) is 11.0. The lowest BCUT2D eigenvalue weighted by atomic mass is 9.75. The number of aliphatic hydroxyl groups excluding tert-OH is 5. The first-order valence-corrected chi connectivity index (χ1v) is 19.0. The molecule has 1 amide bonds. The number of ether oxygens (including phenoxy) is 5. The highest BCUT2D eigenvalue weighted by Gasteiger charge is 2.54. The molecule has 14 nitrogen and oxygen atoms in total. The van der Waals surface area contributed by atoms with Gasteiger partial charge in [0.2, 0.25) is 6.43 Å². The number of halogens is 5. The summed E-state index contributed by atoms with van der Waals surface area (Å²) in [6.45, 7) is 2.03. The minimum absolute atomic E-state index is 0.212. The largest absolute Gasteiger partial charge is 0.471 e. The van der Waals surface area contributed by atoms with Gasteiger partial charge >= 0.3 is 12.1 Å². The van der Waals surface area contributed by atoms with Crippen LogP contribution >= 0.6 is 0 Å². The van der Waals surface area contributed by atoms with Gasteiger partial charge in [-0.3, -0.25) is 9.59 Å². The van der Waals surface area contributed by atoms with Gasteiger partial charge in [0.15, 0.2) is 18.4 Å². The molecule has 54 heavy (non-hydrogen) atoms. The van der Waals surface area contributed by atoms with Gasteiger partial charge in [-0.05, 0) is 38.6 Å². The van der Waals surface area contributed by atoms with Gasteiger partial charge < -0.3 is 59.9 Å². The number of amides is 1. The fourth-order valence-electron chi connectivity index (χ4n) is 8.37. The molecular formula is C35H57F5N2O12. The highest BCUT2D eigenvalue weighted by Crippen LogP contribution is 2.40. The molecule has 2 saturated carbocycles. The van der Waals surface area contributed by atoms with Gasteiger partial charge in [0, 0.05) is 12.3 Å². The van der Waals surface area contributed by atoms with Gasteiger partial charge in [0.05, 0.1) is 31.5 Å². The van der Waals surface area contributed by atoms with Crippen molar-refractivity contribution >= 4 is 11.7 Å². The molecule has 2 saturated heterocycles. The van der Waals surface area contributed by atoms with Crippen LogP contribution in [0.1, 0.15) is 78.1 Å². The molecule has 19 heteroatoms. The Hall–Kier alpha value is -1.65. The molecule has 0 bridgehead atoms. The summed E-state index contributed by atoms with van der Waals surface area (Å²) in [5.74, 6) is -4.97. The van der Waals surface area contributed by atoms with Crippen LogP contribution in [-0.4, -0.2) is 150 Å². The highest BCUT2D eigenvalue weighted by atomic mass is 19.4. The second-order valence-corrected chi connectivity index (χ2v) is 15.0. The zero-order valence-corrected chi connectivity index (χ0v) is 30.8. The zero-order valence-electron chi connectivity index (χ0n) is 30.8. The van der Waals surface area contributed by atoms with Gasteiger partial charge in [0.25, 0.3) is 0 Å². The van der Waals surface area contributed by atoms with E-state index in [0.29, 0.717) is 44.9 Å². The van der Waals surface area contributed by atoms with Crippen molar-refractivity contribution in [3.63, 3.8) is 0 Å². The topological polar surface area (TPSA) is 205 Å². The molecule has 4 aliphatic rings. The van der Waals surface area contributed by atoms with Crippen LogP contribution in [0.15, 0.2) is 0 Å². The molecule has 2 aliphatic carbocycles. The molecular weight excluding hydrogens is 735 g/mol. The van der Waals surface area contributed by atoms with E-state index in [0.717, 1.165) is 6.42 Å². The van der Waals surface area contributed by atoms with E-state index >= 15 is 0 Å². The van der Waals surface area contributed by atoms with E-state index in [1.165, 1.54) is 14.0 Å². The first-order chi connectivity index (χ1) is 25.5. The lowest BCUT2D eigenvalue weighted by Crippen LogP contribution is -2.68. The van der Waals surface area contributed by atoms with Crippen molar-refractivity contribution in [2.75, 3.05) is 20.2 Å². The predicted octanol–water partition coefficient (Wildman–Crippen LogP) is 1.31. The number of ketones is 1. The monoisotopic (exact) mass is 792 g/mol. The lowest BCUT2D eigenvalue weighted by molar-refractivity contribution is -0.338. The minimum Gasteiger partial charge on any atom is -0.394 e. The quantitative estimate of drug-likeness (QED) is 0.110. The van der Waals surface area contributed by atoms with Crippen molar-refractivity contribution in [3.05, 3.63) is 0 Å². The number of carbonyl (C=O) groups excluding carboxylic acids is 2. The summed E-state index contributed by atoms with van der Waals surface area (Å²) < 4.78 is 99.9. The van der Waals surface area contributed by atoms with Crippen LogP contribution in [0.4, 0.5) is 22.0 Å². The Balaban J connectivity index is 1.72. The maximum atomic E-state index is 14.1. The molecule has 0 aromatic heterocycles. The normalized spacial score (nSPS) is 38.2. The van der Waals surface area contributed by atoms with Crippen molar-refractivity contribution < 1.29 is 80.8 Å². The van der Waals surface area contributed by atoms with Crippen LogP contribution < -0.4 is 10.6 Å². The highest BCUT2D eigenvalue weighted by molar-refractivity contribution is 5.85. The average molecular weight is 793 g/mol. The molecule has 314 valence electrons. The van der Waals surface area contributed by atoms with Crippen LogP contribution in [-0.2, 0) is 33.3 Å². The van der Waals surface area contributed by atoms with Crippen molar-refractivity contribution in [2.45, 2.75) is 170 Å². The van der Waals surface area contributed by atoms with Crippen molar-refractivity contribution in [1.29, 1.82) is 0 Å². The summed E-state index contributed by atoms with van der Waals surface area (Å²) in [4.78, 5) is 26.2. The fraction of sp³-hybridized carbons (Fsp3) is 0.943. The summed E-state index contributed by atoms with van der Waals surface area (Å²) in [6.07, 6.45) is -22.2. The van der Waals surface area contributed by atoms with Crippen LogP contribution in [0.2, 0.25) is 0 Å². The molecule has 0 aromatic rings. The smallest absolute Gasteiger partial charge is 0.394 e. The second kappa shape index (κ2) is 20.2. The van der Waals surface area contributed by atoms with Gasteiger partial charge in [-0.25, -0.2) is 8.78 Å². The van der Waals surface area contributed by atoms with E-state index in [-0.39, 0.29) is 18.9 Å². The Morgan fingerprint density at radius 3 is 2.15 bits per heavy atom. The SMILES string of the molecule is CCC1CCCC(OC2OC(CO)C(O)C(O[C@H](C(=O)CNC)C(CC(F)F)C3CCCCC3)C2NC(=O)C(F)(F)F)C1OC1OC(C)C(O)C(O)C1O. The van der Waals surface area contributed by atoms with E-state index in [1.807, 2.05) is 6.92 Å². The van der Waals surface area contributed by atoms with Crippen LogP contribution in [0, 0.1) is 17.8 Å². The first-order valence-electron chi connectivity index (χ1n) is 19.0. The maximum Gasteiger partial charge on any atom is 0.471 e. The Morgan fingerprint density at radius 1 is 0.870 bits per heavy atom. The zero-order chi connectivity index (χ0) is 39.9. The fourth-order valence-corrected chi connectivity index (χ4v) is 8.37. The number of hydrogen-bond donors (Lipinski definition) is 7. The third-order valence-corrected chi connectivity index (χ3v) is 11.3. The van der Waals surface area contributed by atoms with Crippen molar-refractivity contribution in [3.8, 4) is 0 Å². The van der Waals surface area contributed by atoms with E-state index < -0.39 is 129 Å². The number of hydrogen-bond acceptors (Lipinski definition) is 13. The van der Waals surface area contributed by atoms with Crippen LogP contribution in [0.3, 0.4) is 0 Å². The molecule has 2 aliphatic heterocycles. The third-order valence-electron chi connectivity index (χ3n) is 11.3. The molecule has 14 unspecified atom stereocenters. The number of nitrogens with one attached hydrogen (secondary N) is 2. The standard InChI is InChI=1S/C35H57F5N2O12/c1-4-17-11-8-12-21(29(17)54-33-28(48)27(47)25(45)16(2)50-33)51-32-24(42-34(49)35(38,39)40)31(26(46)22(15-43)52-32)53-30(20(44)14-41-3)19(13-23(36)37)18-9-6-5-7-10-18/h16-19,21-33,41,43,45-48H,4-15H2,1-3H3,(H,42,49)/t16?,17?,19?,21?,22?,24?,25?,26?,27?,28?,29?,30-,31?,32?,33?/m0/s1. The van der Waals surface area contributed by atoms with Gasteiger partial charge in [-0.15, -0.1) is 0 Å². The van der Waals surface area contributed by atoms with Crippen molar-refractivity contribution in [1.82, 2.24) is 10.6 Å². The molecule has 0 spiro atoms. The van der Waals surface area contributed by atoms with E-state index in [2.05, 4.69) is 5.32 Å². The molecule has 7 N–H and O–H groups in total.